The van der Waals surface area contributed by atoms with Crippen LogP contribution in [0.2, 0.25) is 0 Å². The normalized spacial score (nSPS) is 9.75. The Morgan fingerprint density at radius 3 is 2.88 bits per heavy atom. The van der Waals surface area contributed by atoms with Crippen LogP contribution in [0.15, 0.2) is 36.9 Å². The lowest BCUT2D eigenvalue weighted by Gasteiger charge is -2.07. The molecule has 1 aromatic heterocycles. The van der Waals surface area contributed by atoms with E-state index in [-0.39, 0.29) is 19.1 Å². The molecule has 0 bridgehead atoms. The van der Waals surface area contributed by atoms with E-state index >= 15 is 0 Å². The van der Waals surface area contributed by atoms with Gasteiger partial charge in [-0.2, -0.15) is 0 Å². The molecule has 2 aromatic rings. The summed E-state index contributed by atoms with van der Waals surface area (Å²) in [6.45, 7) is 8.02. The maximum Gasteiger partial charge on any atom is 0.264 e. The van der Waals surface area contributed by atoms with Gasteiger partial charge >= 0.3 is 0 Å². The van der Waals surface area contributed by atoms with Crippen LogP contribution in [0.3, 0.4) is 0 Å². The summed E-state index contributed by atoms with van der Waals surface area (Å²) in [5, 5.41) is 3.66. The van der Waals surface area contributed by atoms with Crippen molar-refractivity contribution in [1.82, 2.24) is 10.3 Å². The van der Waals surface area contributed by atoms with Crippen LogP contribution < -0.4 is 10.1 Å². The van der Waals surface area contributed by atoms with Crippen LogP contribution in [-0.4, -0.2) is 24.0 Å². The molecule has 5 heteroatoms. The number of rotatable bonds is 6. The van der Waals surface area contributed by atoms with Crippen LogP contribution in [-0.2, 0) is 6.42 Å². The highest BCUT2D eigenvalue weighted by atomic mass is 32.1. The lowest BCUT2D eigenvalue weighted by atomic mass is 10.1. The van der Waals surface area contributed by atoms with Gasteiger partial charge in [0.1, 0.15) is 17.2 Å². The Balaban J connectivity index is 1.79. The number of aryl methyl sites for hydroxylation is 2. The number of amides is 1. The van der Waals surface area contributed by atoms with Crippen LogP contribution in [0.1, 0.15) is 25.9 Å². The first kappa shape index (κ1) is 17.8. The number of para-hydroxylation sites is 1. The summed E-state index contributed by atoms with van der Waals surface area (Å²) in [7, 11) is 0. The highest BCUT2D eigenvalue weighted by Gasteiger charge is 2.12. The monoisotopic (exact) mass is 340 g/mol. The number of hydrogen-bond donors (Lipinski definition) is 1. The fourth-order valence-electron chi connectivity index (χ4n) is 2.14. The van der Waals surface area contributed by atoms with E-state index in [1.54, 1.807) is 0 Å². The van der Waals surface area contributed by atoms with Crippen molar-refractivity contribution in [2.75, 3.05) is 13.2 Å². The van der Waals surface area contributed by atoms with Gasteiger partial charge in [0.25, 0.3) is 5.91 Å². The third-order valence-corrected chi connectivity index (χ3v) is 4.28. The molecule has 0 spiro atoms. The van der Waals surface area contributed by atoms with Gasteiger partial charge in [-0.3, -0.25) is 4.79 Å². The predicted octanol–water partition coefficient (Wildman–Crippen LogP) is 3.30. The summed E-state index contributed by atoms with van der Waals surface area (Å²) in [5.41, 5.74) is 1.84. The van der Waals surface area contributed by atoms with Crippen LogP contribution >= 0.6 is 11.3 Å². The quantitative estimate of drug-likeness (QED) is 0.648. The number of carbonyl (C=O) groups excluding carboxylic acids is 1. The Hall–Kier alpha value is -2.58. The van der Waals surface area contributed by atoms with Crippen LogP contribution in [0.4, 0.5) is 0 Å². The van der Waals surface area contributed by atoms with Crippen molar-refractivity contribution < 1.29 is 9.53 Å². The number of allylic oxidation sites excluding steroid dienone is 1. The molecule has 24 heavy (non-hydrogen) atoms. The molecule has 124 valence electrons. The number of benzene rings is 1. The molecular weight excluding hydrogens is 320 g/mol. The molecule has 0 aliphatic rings. The summed E-state index contributed by atoms with van der Waals surface area (Å²) in [6, 6.07) is 7.81. The molecule has 4 nitrogen and oxygen atoms in total. The highest BCUT2D eigenvalue weighted by Crippen LogP contribution is 2.18. The molecule has 0 unspecified atom stereocenters. The maximum atomic E-state index is 12.0. The lowest BCUT2D eigenvalue weighted by molar-refractivity contribution is 0.0962. The zero-order valence-electron chi connectivity index (χ0n) is 13.9. The minimum Gasteiger partial charge on any atom is -0.481 e. The first-order chi connectivity index (χ1) is 11.6. The SMILES string of the molecule is C=CCc1ccccc1OCC#CCNC(=O)c1sc(C)nc1C. The van der Waals surface area contributed by atoms with Crippen molar-refractivity contribution in [1.29, 1.82) is 0 Å². The first-order valence-electron chi connectivity index (χ1n) is 7.61. The predicted molar refractivity (Wildman–Crippen MR) is 97.5 cm³/mol. The molecule has 0 aliphatic heterocycles. The van der Waals surface area contributed by atoms with Gasteiger partial charge in [-0.15, -0.1) is 17.9 Å². The number of thiazole rings is 1. The fourth-order valence-corrected chi connectivity index (χ4v) is 2.98. The largest absolute Gasteiger partial charge is 0.481 e. The molecule has 0 radical (unpaired) electrons. The lowest BCUT2D eigenvalue weighted by Crippen LogP contribution is -2.23. The second-order valence-corrected chi connectivity index (χ2v) is 6.28. The number of hydrogen-bond acceptors (Lipinski definition) is 4. The molecule has 0 saturated heterocycles. The Bertz CT molecular complexity index is 784. The molecule has 1 heterocycles. The Labute approximate surface area is 146 Å². The van der Waals surface area contributed by atoms with E-state index in [4.69, 9.17) is 4.74 Å². The second kappa shape index (κ2) is 8.90. The van der Waals surface area contributed by atoms with E-state index in [0.29, 0.717) is 4.88 Å². The van der Waals surface area contributed by atoms with E-state index in [0.717, 1.165) is 28.4 Å². The van der Waals surface area contributed by atoms with E-state index in [2.05, 4.69) is 28.7 Å². The third-order valence-electron chi connectivity index (χ3n) is 3.21. The van der Waals surface area contributed by atoms with E-state index < -0.39 is 0 Å². The molecule has 1 amide bonds. The standard InChI is InChI=1S/C19H20N2O2S/c1-4-9-16-10-5-6-11-17(16)23-13-8-7-12-20-19(22)18-14(2)21-15(3)24-18/h4-6,10-11H,1,9,12-13H2,2-3H3,(H,20,22). The highest BCUT2D eigenvalue weighted by molar-refractivity contribution is 7.13. The number of aromatic nitrogens is 1. The maximum absolute atomic E-state index is 12.0. The third kappa shape index (κ3) is 4.97. The molecular formula is C19H20N2O2S. The molecule has 1 N–H and O–H groups in total. The van der Waals surface area contributed by atoms with Gasteiger partial charge < -0.3 is 10.1 Å². The van der Waals surface area contributed by atoms with Gasteiger partial charge in [-0.1, -0.05) is 36.1 Å². The van der Waals surface area contributed by atoms with Crippen molar-refractivity contribution in [2.24, 2.45) is 0 Å². The Morgan fingerprint density at radius 2 is 2.17 bits per heavy atom. The van der Waals surface area contributed by atoms with E-state index in [1.165, 1.54) is 11.3 Å². The topological polar surface area (TPSA) is 51.2 Å². The molecule has 1 aromatic carbocycles. The van der Waals surface area contributed by atoms with Gasteiger partial charge in [0.05, 0.1) is 17.2 Å². The van der Waals surface area contributed by atoms with Crippen molar-refractivity contribution in [3.05, 3.63) is 58.1 Å². The van der Waals surface area contributed by atoms with Gasteiger partial charge in [-0.05, 0) is 31.9 Å². The molecule has 2 rings (SSSR count). The number of carbonyl (C=O) groups is 1. The molecule has 0 saturated carbocycles. The van der Waals surface area contributed by atoms with E-state index in [1.807, 2.05) is 44.2 Å². The summed E-state index contributed by atoms with van der Waals surface area (Å²) >= 11 is 1.39. The summed E-state index contributed by atoms with van der Waals surface area (Å²) in [4.78, 5) is 16.9. The van der Waals surface area contributed by atoms with Gasteiger partial charge in [0.15, 0.2) is 0 Å². The average molecular weight is 340 g/mol. The van der Waals surface area contributed by atoms with Gasteiger partial charge in [-0.25, -0.2) is 4.98 Å². The van der Waals surface area contributed by atoms with Crippen molar-refractivity contribution in [3.8, 4) is 17.6 Å². The van der Waals surface area contributed by atoms with Gasteiger partial charge in [0.2, 0.25) is 0 Å². The van der Waals surface area contributed by atoms with Crippen LogP contribution in [0, 0.1) is 25.7 Å². The molecule has 0 fully saturated rings. The molecule has 0 atom stereocenters. The Morgan fingerprint density at radius 1 is 1.38 bits per heavy atom. The molecule has 0 aliphatic carbocycles. The smallest absolute Gasteiger partial charge is 0.264 e. The van der Waals surface area contributed by atoms with Crippen LogP contribution in [0.25, 0.3) is 0 Å². The summed E-state index contributed by atoms with van der Waals surface area (Å²) in [5.74, 6) is 6.47. The van der Waals surface area contributed by atoms with E-state index in [9.17, 15) is 4.79 Å². The number of nitrogens with one attached hydrogen (secondary N) is 1. The zero-order valence-corrected chi connectivity index (χ0v) is 14.7. The van der Waals surface area contributed by atoms with Crippen molar-refractivity contribution in [2.45, 2.75) is 20.3 Å². The van der Waals surface area contributed by atoms with Crippen molar-refractivity contribution in [3.63, 3.8) is 0 Å². The zero-order chi connectivity index (χ0) is 17.4. The summed E-state index contributed by atoms with van der Waals surface area (Å²) in [6.07, 6.45) is 2.60. The second-order valence-electron chi connectivity index (χ2n) is 5.07. The number of nitrogens with zero attached hydrogens (tertiary/aromatic N) is 1. The first-order valence-corrected chi connectivity index (χ1v) is 8.43. The van der Waals surface area contributed by atoms with Gasteiger partial charge in [0, 0.05) is 0 Å². The Kier molecular flexibility index (Phi) is 6.59. The van der Waals surface area contributed by atoms with Crippen LogP contribution in [0.5, 0.6) is 5.75 Å². The summed E-state index contributed by atoms with van der Waals surface area (Å²) < 4.78 is 5.66. The van der Waals surface area contributed by atoms with Crippen molar-refractivity contribution >= 4 is 17.2 Å². The minimum absolute atomic E-state index is 0.135. The minimum atomic E-state index is -0.135. The average Bonchev–Trinajstić information content (AvgIpc) is 2.91. The number of ether oxygens (including phenoxy) is 1. The fraction of sp³-hybridized carbons (Fsp3) is 0.263.